The maximum Gasteiger partial charge on any atom is 0.0713 e. The summed E-state index contributed by atoms with van der Waals surface area (Å²) in [6.45, 7) is 9.81. The minimum absolute atomic E-state index is 0.589. The van der Waals surface area contributed by atoms with Gasteiger partial charge in [0, 0.05) is 26.2 Å². The van der Waals surface area contributed by atoms with E-state index < -0.39 is 0 Å². The highest BCUT2D eigenvalue weighted by atomic mass is 16.5. The van der Waals surface area contributed by atoms with Crippen molar-refractivity contribution in [3.63, 3.8) is 0 Å². The van der Waals surface area contributed by atoms with Crippen molar-refractivity contribution < 1.29 is 4.74 Å². The van der Waals surface area contributed by atoms with Gasteiger partial charge >= 0.3 is 0 Å². The Morgan fingerprint density at radius 2 is 2.14 bits per heavy atom. The van der Waals surface area contributed by atoms with Gasteiger partial charge < -0.3 is 10.1 Å². The minimum Gasteiger partial charge on any atom is -0.380 e. The number of methoxy groups -OCH3 is 1. The molecule has 1 heterocycles. The Bertz CT molecular complexity index is 419. The summed E-state index contributed by atoms with van der Waals surface area (Å²) < 4.78 is 5.22. The zero-order valence-corrected chi connectivity index (χ0v) is 13.8. The molecule has 0 saturated carbocycles. The van der Waals surface area contributed by atoms with Gasteiger partial charge in [0.15, 0.2) is 0 Å². The van der Waals surface area contributed by atoms with Crippen LogP contribution < -0.4 is 5.32 Å². The number of nitrogens with one attached hydrogen (secondary N) is 1. The lowest BCUT2D eigenvalue weighted by atomic mass is 9.97. The van der Waals surface area contributed by atoms with Crippen LogP contribution in [0.1, 0.15) is 37.8 Å². The molecule has 1 aliphatic heterocycles. The first-order chi connectivity index (χ1) is 10.2. The third-order valence-corrected chi connectivity index (χ3v) is 4.13. The van der Waals surface area contributed by atoms with Crippen LogP contribution in [0.25, 0.3) is 0 Å². The van der Waals surface area contributed by atoms with Gasteiger partial charge in [0.2, 0.25) is 0 Å². The van der Waals surface area contributed by atoms with E-state index in [-0.39, 0.29) is 0 Å². The third kappa shape index (κ3) is 5.77. The summed E-state index contributed by atoms with van der Waals surface area (Å²) in [5.74, 6) is 0.795. The van der Waals surface area contributed by atoms with Crippen LogP contribution >= 0.6 is 0 Å². The van der Waals surface area contributed by atoms with E-state index in [1.807, 2.05) is 0 Å². The second kappa shape index (κ2) is 8.52. The molecule has 0 amide bonds. The first kappa shape index (κ1) is 16.5. The van der Waals surface area contributed by atoms with Gasteiger partial charge in [0.25, 0.3) is 0 Å². The van der Waals surface area contributed by atoms with Crippen molar-refractivity contribution in [1.82, 2.24) is 10.2 Å². The van der Waals surface area contributed by atoms with Gasteiger partial charge in [-0.2, -0.15) is 0 Å². The van der Waals surface area contributed by atoms with Crippen molar-refractivity contribution in [2.24, 2.45) is 5.92 Å². The summed E-state index contributed by atoms with van der Waals surface area (Å²) in [6, 6.07) is 9.38. The topological polar surface area (TPSA) is 24.5 Å². The largest absolute Gasteiger partial charge is 0.380 e. The van der Waals surface area contributed by atoms with Crippen LogP contribution in [0.4, 0.5) is 0 Å². The van der Waals surface area contributed by atoms with Crippen molar-refractivity contribution in [3.8, 4) is 0 Å². The summed E-state index contributed by atoms with van der Waals surface area (Å²) in [5, 5.41) is 3.58. The Morgan fingerprint density at radius 1 is 1.33 bits per heavy atom. The fraction of sp³-hybridized carbons (Fsp3) is 0.667. The van der Waals surface area contributed by atoms with Gasteiger partial charge in [-0.15, -0.1) is 0 Å². The first-order valence-corrected chi connectivity index (χ1v) is 8.20. The molecular formula is C18H30N2O. The molecule has 1 unspecified atom stereocenters. The third-order valence-electron chi connectivity index (χ3n) is 4.13. The summed E-state index contributed by atoms with van der Waals surface area (Å²) in [6.07, 6.45) is 2.68. The van der Waals surface area contributed by atoms with Crippen LogP contribution in [0.15, 0.2) is 24.3 Å². The zero-order valence-electron chi connectivity index (χ0n) is 13.8. The van der Waals surface area contributed by atoms with Gasteiger partial charge in [-0.3, -0.25) is 4.90 Å². The standard InChI is InChI=1S/C18H30N2O/c1-15(2)19-11-18-8-5-9-20(13-18)12-16-6-4-7-17(10-16)14-21-3/h4,6-7,10,15,18-19H,5,8-9,11-14H2,1-3H3. The predicted molar refractivity (Wildman–Crippen MR) is 88.3 cm³/mol. The Hall–Kier alpha value is -0.900. The van der Waals surface area contributed by atoms with Crippen LogP contribution in [0.5, 0.6) is 0 Å². The Morgan fingerprint density at radius 3 is 2.90 bits per heavy atom. The lowest BCUT2D eigenvalue weighted by molar-refractivity contribution is 0.163. The van der Waals surface area contributed by atoms with E-state index in [4.69, 9.17) is 4.74 Å². The molecule has 1 N–H and O–H groups in total. The summed E-state index contributed by atoms with van der Waals surface area (Å²) in [5.41, 5.74) is 2.67. The van der Waals surface area contributed by atoms with Crippen LogP contribution in [0.3, 0.4) is 0 Å². The molecule has 3 heteroatoms. The molecule has 21 heavy (non-hydrogen) atoms. The summed E-state index contributed by atoms with van der Waals surface area (Å²) >= 11 is 0. The lowest BCUT2D eigenvalue weighted by Crippen LogP contribution is -2.40. The number of nitrogens with zero attached hydrogens (tertiary/aromatic N) is 1. The summed E-state index contributed by atoms with van der Waals surface area (Å²) in [7, 11) is 1.75. The Labute approximate surface area is 129 Å². The molecule has 118 valence electrons. The number of rotatable bonds is 7. The van der Waals surface area contributed by atoms with Crippen LogP contribution in [0.2, 0.25) is 0 Å². The van der Waals surface area contributed by atoms with Crippen molar-refractivity contribution in [1.29, 1.82) is 0 Å². The molecule has 1 saturated heterocycles. The molecule has 0 radical (unpaired) electrons. The van der Waals surface area contributed by atoms with Crippen molar-refractivity contribution in [2.75, 3.05) is 26.7 Å². The lowest BCUT2D eigenvalue weighted by Gasteiger charge is -2.33. The molecule has 1 aliphatic rings. The second-order valence-corrected chi connectivity index (χ2v) is 6.56. The van der Waals surface area contributed by atoms with E-state index in [0.29, 0.717) is 12.6 Å². The molecule has 0 spiro atoms. The fourth-order valence-corrected chi connectivity index (χ4v) is 3.11. The van der Waals surface area contributed by atoms with Crippen LogP contribution in [-0.2, 0) is 17.9 Å². The fourth-order valence-electron chi connectivity index (χ4n) is 3.11. The molecular weight excluding hydrogens is 260 g/mol. The quantitative estimate of drug-likeness (QED) is 0.835. The number of benzene rings is 1. The molecule has 0 aromatic heterocycles. The van der Waals surface area contributed by atoms with Crippen LogP contribution in [-0.4, -0.2) is 37.7 Å². The molecule has 1 aromatic carbocycles. The number of piperidine rings is 1. The maximum atomic E-state index is 5.22. The summed E-state index contributed by atoms with van der Waals surface area (Å²) in [4.78, 5) is 2.60. The Kier molecular flexibility index (Phi) is 6.68. The van der Waals surface area contributed by atoms with Crippen molar-refractivity contribution in [2.45, 2.75) is 45.9 Å². The SMILES string of the molecule is COCc1cccc(CN2CCCC(CNC(C)C)C2)c1. The predicted octanol–water partition coefficient (Wildman–Crippen LogP) is 3.04. The molecule has 1 aromatic rings. The van der Waals surface area contributed by atoms with Crippen LogP contribution in [0, 0.1) is 5.92 Å². The molecule has 1 fully saturated rings. The maximum absolute atomic E-state index is 5.22. The highest BCUT2D eigenvalue weighted by molar-refractivity contribution is 5.23. The molecule has 0 bridgehead atoms. The van der Waals surface area contributed by atoms with E-state index >= 15 is 0 Å². The normalized spacial score (nSPS) is 20.1. The number of hydrogen-bond acceptors (Lipinski definition) is 3. The molecule has 3 nitrogen and oxygen atoms in total. The number of hydrogen-bond donors (Lipinski definition) is 1. The van der Waals surface area contributed by atoms with Crippen molar-refractivity contribution in [3.05, 3.63) is 35.4 Å². The van der Waals surface area contributed by atoms with E-state index in [1.54, 1.807) is 7.11 Å². The highest BCUT2D eigenvalue weighted by Crippen LogP contribution is 2.19. The molecule has 0 aliphatic carbocycles. The van der Waals surface area contributed by atoms with Gasteiger partial charge in [-0.05, 0) is 43.0 Å². The van der Waals surface area contributed by atoms with Gasteiger partial charge in [-0.1, -0.05) is 38.1 Å². The molecule has 2 rings (SSSR count). The number of ether oxygens (including phenoxy) is 1. The van der Waals surface area contributed by atoms with E-state index in [0.717, 1.165) is 19.0 Å². The molecule has 1 atom stereocenters. The smallest absolute Gasteiger partial charge is 0.0713 e. The first-order valence-electron chi connectivity index (χ1n) is 8.20. The van der Waals surface area contributed by atoms with Gasteiger partial charge in [0.1, 0.15) is 0 Å². The number of likely N-dealkylation sites (tertiary alicyclic amines) is 1. The van der Waals surface area contributed by atoms with Gasteiger partial charge in [0.05, 0.1) is 6.61 Å². The second-order valence-electron chi connectivity index (χ2n) is 6.56. The monoisotopic (exact) mass is 290 g/mol. The highest BCUT2D eigenvalue weighted by Gasteiger charge is 2.19. The van der Waals surface area contributed by atoms with E-state index in [9.17, 15) is 0 Å². The average Bonchev–Trinajstić information content (AvgIpc) is 2.46. The van der Waals surface area contributed by atoms with Crippen molar-refractivity contribution >= 4 is 0 Å². The average molecular weight is 290 g/mol. The van der Waals surface area contributed by atoms with E-state index in [1.165, 1.54) is 37.1 Å². The van der Waals surface area contributed by atoms with Gasteiger partial charge in [-0.25, -0.2) is 0 Å². The van der Waals surface area contributed by atoms with E-state index in [2.05, 4.69) is 48.3 Å². The Balaban J connectivity index is 1.85. The zero-order chi connectivity index (χ0) is 15.1. The minimum atomic E-state index is 0.589.